The molecule has 0 fully saturated rings. The van der Waals surface area contributed by atoms with E-state index in [-0.39, 0.29) is 17.9 Å². The zero-order chi connectivity index (χ0) is 14.5. The predicted molar refractivity (Wildman–Crippen MR) is 74.1 cm³/mol. The molecule has 0 heterocycles. The molecule has 0 aromatic heterocycles. The Balaban J connectivity index is 2.71. The van der Waals surface area contributed by atoms with Crippen LogP contribution in [-0.4, -0.2) is 38.3 Å². The van der Waals surface area contributed by atoms with Gasteiger partial charge in [-0.05, 0) is 19.1 Å². The Bertz CT molecular complexity index is 555. The normalized spacial score (nSPS) is 11.3. The molecule has 6 nitrogen and oxygen atoms in total. The maximum atomic E-state index is 11.4. The first-order valence-corrected chi connectivity index (χ1v) is 7.56. The molecule has 0 aliphatic rings. The van der Waals surface area contributed by atoms with Crippen LogP contribution in [0.25, 0.3) is 0 Å². The highest BCUT2D eigenvalue weighted by Gasteiger charge is 2.12. The molecule has 0 saturated carbocycles. The number of rotatable bonds is 7. The lowest BCUT2D eigenvalue weighted by atomic mass is 10.1. The van der Waals surface area contributed by atoms with Gasteiger partial charge in [0.2, 0.25) is 10.0 Å². The maximum absolute atomic E-state index is 11.4. The van der Waals surface area contributed by atoms with E-state index in [1.54, 1.807) is 32.0 Å². The van der Waals surface area contributed by atoms with Gasteiger partial charge in [0.1, 0.15) is 0 Å². The third-order valence-electron chi connectivity index (χ3n) is 2.46. The number of sulfonamides is 1. The number of hydrogen-bond acceptors (Lipinski definition) is 4. The maximum Gasteiger partial charge on any atom is 0.337 e. The number of aromatic carboxylic acids is 1. The van der Waals surface area contributed by atoms with Crippen LogP contribution >= 0.6 is 0 Å². The number of benzene rings is 1. The third-order valence-corrected chi connectivity index (χ3v) is 3.93. The fourth-order valence-corrected chi connectivity index (χ4v) is 2.56. The van der Waals surface area contributed by atoms with Crippen molar-refractivity contribution in [1.82, 2.24) is 4.72 Å². The quantitative estimate of drug-likeness (QED) is 0.696. The molecule has 0 aliphatic carbocycles. The first kappa shape index (κ1) is 15.5. The van der Waals surface area contributed by atoms with Crippen molar-refractivity contribution in [3.05, 3.63) is 29.3 Å². The van der Waals surface area contributed by atoms with E-state index in [1.807, 2.05) is 0 Å². The van der Waals surface area contributed by atoms with Crippen molar-refractivity contribution < 1.29 is 18.3 Å². The van der Waals surface area contributed by atoms with Gasteiger partial charge in [-0.15, -0.1) is 0 Å². The Morgan fingerprint density at radius 3 is 2.63 bits per heavy atom. The zero-order valence-electron chi connectivity index (χ0n) is 10.9. The van der Waals surface area contributed by atoms with E-state index in [1.165, 1.54) is 0 Å². The summed E-state index contributed by atoms with van der Waals surface area (Å²) in [5, 5.41) is 11.9. The fraction of sp³-hybridized carbons (Fsp3) is 0.417. The van der Waals surface area contributed by atoms with Crippen molar-refractivity contribution in [1.29, 1.82) is 0 Å². The second-order valence-electron chi connectivity index (χ2n) is 4.10. The van der Waals surface area contributed by atoms with Crippen molar-refractivity contribution in [3.63, 3.8) is 0 Å². The van der Waals surface area contributed by atoms with Crippen LogP contribution in [-0.2, 0) is 10.0 Å². The Morgan fingerprint density at radius 2 is 2.05 bits per heavy atom. The highest BCUT2D eigenvalue weighted by Crippen LogP contribution is 2.17. The van der Waals surface area contributed by atoms with Crippen LogP contribution in [0.4, 0.5) is 5.69 Å². The standard InChI is InChI=1S/C12H18N2O4S/c1-3-14-19(17,18)7-6-13-11-5-4-9(2)8-10(11)12(15)16/h4-5,8,13-14H,3,6-7H2,1-2H3,(H,15,16). The van der Waals surface area contributed by atoms with Gasteiger partial charge in [-0.25, -0.2) is 17.9 Å². The van der Waals surface area contributed by atoms with Crippen LogP contribution in [0.1, 0.15) is 22.8 Å². The van der Waals surface area contributed by atoms with E-state index < -0.39 is 16.0 Å². The highest BCUT2D eigenvalue weighted by molar-refractivity contribution is 7.89. The summed E-state index contributed by atoms with van der Waals surface area (Å²) in [5.41, 5.74) is 1.40. The summed E-state index contributed by atoms with van der Waals surface area (Å²) in [7, 11) is -3.30. The molecule has 7 heteroatoms. The van der Waals surface area contributed by atoms with Gasteiger partial charge in [-0.3, -0.25) is 0 Å². The first-order valence-electron chi connectivity index (χ1n) is 5.91. The van der Waals surface area contributed by atoms with Crippen molar-refractivity contribution in [2.75, 3.05) is 24.2 Å². The van der Waals surface area contributed by atoms with E-state index >= 15 is 0 Å². The smallest absolute Gasteiger partial charge is 0.337 e. The molecular formula is C12H18N2O4S. The van der Waals surface area contributed by atoms with Crippen molar-refractivity contribution in [2.45, 2.75) is 13.8 Å². The van der Waals surface area contributed by atoms with Crippen LogP contribution in [0.15, 0.2) is 18.2 Å². The third kappa shape index (κ3) is 4.88. The molecule has 0 unspecified atom stereocenters. The number of anilines is 1. The van der Waals surface area contributed by atoms with Gasteiger partial charge in [0.05, 0.1) is 11.3 Å². The van der Waals surface area contributed by atoms with Crippen LogP contribution in [0, 0.1) is 6.92 Å². The average molecular weight is 286 g/mol. The minimum absolute atomic E-state index is 0.103. The van der Waals surface area contributed by atoms with E-state index in [4.69, 9.17) is 5.11 Å². The van der Waals surface area contributed by atoms with Crippen LogP contribution in [0.5, 0.6) is 0 Å². The second kappa shape index (κ2) is 6.53. The number of carbonyl (C=O) groups is 1. The molecule has 0 atom stereocenters. The highest BCUT2D eigenvalue weighted by atomic mass is 32.2. The molecule has 3 N–H and O–H groups in total. The van der Waals surface area contributed by atoms with Gasteiger partial charge in [0, 0.05) is 18.8 Å². The molecule has 0 radical (unpaired) electrons. The number of nitrogens with one attached hydrogen (secondary N) is 2. The molecular weight excluding hydrogens is 268 g/mol. The molecule has 106 valence electrons. The minimum atomic E-state index is -3.30. The van der Waals surface area contributed by atoms with Gasteiger partial charge in [0.15, 0.2) is 0 Å². The summed E-state index contributed by atoms with van der Waals surface area (Å²) in [6.07, 6.45) is 0. The summed E-state index contributed by atoms with van der Waals surface area (Å²) < 4.78 is 25.2. The Morgan fingerprint density at radius 1 is 1.37 bits per heavy atom. The van der Waals surface area contributed by atoms with Gasteiger partial charge in [-0.1, -0.05) is 18.6 Å². The average Bonchev–Trinajstić information content (AvgIpc) is 2.30. The number of aryl methyl sites for hydroxylation is 1. The topological polar surface area (TPSA) is 95.5 Å². The van der Waals surface area contributed by atoms with Gasteiger partial charge < -0.3 is 10.4 Å². The second-order valence-corrected chi connectivity index (χ2v) is 6.02. The monoisotopic (exact) mass is 286 g/mol. The van der Waals surface area contributed by atoms with E-state index in [2.05, 4.69) is 10.0 Å². The number of hydrogen-bond donors (Lipinski definition) is 3. The van der Waals surface area contributed by atoms with Crippen LogP contribution in [0.3, 0.4) is 0 Å². The minimum Gasteiger partial charge on any atom is -0.478 e. The lowest BCUT2D eigenvalue weighted by molar-refractivity contribution is 0.0698. The predicted octanol–water partition coefficient (Wildman–Crippen LogP) is 1.04. The first-order chi connectivity index (χ1) is 8.85. The van der Waals surface area contributed by atoms with E-state index in [0.717, 1.165) is 5.56 Å². The van der Waals surface area contributed by atoms with Gasteiger partial charge in [0.25, 0.3) is 0 Å². The summed E-state index contributed by atoms with van der Waals surface area (Å²) in [4.78, 5) is 11.1. The van der Waals surface area contributed by atoms with Crippen molar-refractivity contribution >= 4 is 21.7 Å². The Hall–Kier alpha value is -1.60. The van der Waals surface area contributed by atoms with Crippen LogP contribution in [0.2, 0.25) is 0 Å². The molecule has 19 heavy (non-hydrogen) atoms. The molecule has 0 spiro atoms. The lowest BCUT2D eigenvalue weighted by Crippen LogP contribution is -2.29. The van der Waals surface area contributed by atoms with Gasteiger partial charge >= 0.3 is 5.97 Å². The summed E-state index contributed by atoms with van der Waals surface area (Å²) in [6.45, 7) is 3.99. The van der Waals surface area contributed by atoms with E-state index in [0.29, 0.717) is 12.2 Å². The zero-order valence-corrected chi connectivity index (χ0v) is 11.8. The van der Waals surface area contributed by atoms with Crippen LogP contribution < -0.4 is 10.0 Å². The summed E-state index contributed by atoms with van der Waals surface area (Å²) >= 11 is 0. The van der Waals surface area contributed by atoms with Crippen molar-refractivity contribution in [2.24, 2.45) is 0 Å². The van der Waals surface area contributed by atoms with Crippen molar-refractivity contribution in [3.8, 4) is 0 Å². The Labute approximate surface area is 112 Å². The van der Waals surface area contributed by atoms with Gasteiger partial charge in [-0.2, -0.15) is 0 Å². The summed E-state index contributed by atoms with van der Waals surface area (Å²) in [6, 6.07) is 4.95. The molecule has 0 aliphatic heterocycles. The fourth-order valence-electron chi connectivity index (χ4n) is 1.60. The molecule has 0 bridgehead atoms. The molecule has 1 aromatic rings. The number of carboxylic acid groups (broad SMARTS) is 1. The Kier molecular flexibility index (Phi) is 5.31. The number of carboxylic acids is 1. The molecule has 0 saturated heterocycles. The lowest BCUT2D eigenvalue weighted by Gasteiger charge is -2.10. The summed E-state index contributed by atoms with van der Waals surface area (Å²) in [5.74, 6) is -1.14. The largest absolute Gasteiger partial charge is 0.478 e. The SMILES string of the molecule is CCNS(=O)(=O)CCNc1ccc(C)cc1C(=O)O. The molecule has 1 aromatic carbocycles. The molecule has 1 rings (SSSR count). The van der Waals surface area contributed by atoms with E-state index in [9.17, 15) is 13.2 Å². The molecule has 0 amide bonds.